The molecule has 0 saturated carbocycles. The Hall–Kier alpha value is -2.51. The fraction of sp³-hybridized carbons (Fsp3) is 0.593. The third-order valence-electron chi connectivity index (χ3n) is 6.51. The Kier molecular flexibility index (Phi) is 10.0. The maximum absolute atomic E-state index is 13.4. The first kappa shape index (κ1) is 27.7. The highest BCUT2D eigenvalue weighted by Crippen LogP contribution is 2.33. The Bertz CT molecular complexity index is 960. The number of hydrogen-bond donors (Lipinski definition) is 2. The number of rotatable bonds is 12. The zero-order valence-corrected chi connectivity index (χ0v) is 22.5. The molecule has 188 valence electrons. The molecule has 7 heteroatoms. The highest BCUT2D eigenvalue weighted by molar-refractivity contribution is 6.04. The standard InChI is InChI=1S/C27H43N5O2/c1-10-21(11-2)29-25-22(24(33)26(34)31(12-3)13-4)20(9)28-27(30-25)32(14-5)23-18(7)15-17(6)16-19(23)8/h15-16,21,26,34H,10-14H2,1-9H3,(H,28,29,30). The van der Waals surface area contributed by atoms with Crippen molar-refractivity contribution in [2.75, 3.05) is 29.9 Å². The van der Waals surface area contributed by atoms with Gasteiger partial charge in [0.15, 0.2) is 6.23 Å². The summed E-state index contributed by atoms with van der Waals surface area (Å²) in [4.78, 5) is 26.9. The number of benzene rings is 1. The number of aryl methyl sites for hydroxylation is 4. The predicted octanol–water partition coefficient (Wildman–Crippen LogP) is 5.31. The molecule has 1 aromatic carbocycles. The van der Waals surface area contributed by atoms with Crippen molar-refractivity contribution < 1.29 is 9.90 Å². The van der Waals surface area contributed by atoms with Gasteiger partial charge >= 0.3 is 0 Å². The van der Waals surface area contributed by atoms with E-state index in [4.69, 9.17) is 9.97 Å². The SMILES string of the molecule is CCC(CC)Nc1nc(N(CC)c2c(C)cc(C)cc2C)nc(C)c1C(=O)C(O)N(CC)CC. The minimum Gasteiger partial charge on any atom is -0.371 e. The van der Waals surface area contributed by atoms with Crippen LogP contribution in [0, 0.1) is 27.7 Å². The van der Waals surface area contributed by atoms with Gasteiger partial charge in [-0.2, -0.15) is 4.98 Å². The summed E-state index contributed by atoms with van der Waals surface area (Å²) in [5.74, 6) is 0.678. The van der Waals surface area contributed by atoms with Crippen molar-refractivity contribution in [1.29, 1.82) is 0 Å². The third kappa shape index (κ3) is 5.94. The van der Waals surface area contributed by atoms with Crippen molar-refractivity contribution in [1.82, 2.24) is 14.9 Å². The van der Waals surface area contributed by atoms with Crippen molar-refractivity contribution in [3.63, 3.8) is 0 Å². The van der Waals surface area contributed by atoms with Crippen LogP contribution in [-0.2, 0) is 0 Å². The molecule has 0 spiro atoms. The lowest BCUT2D eigenvalue weighted by Gasteiger charge is -2.29. The Balaban J connectivity index is 2.68. The van der Waals surface area contributed by atoms with Crippen LogP contribution < -0.4 is 10.2 Å². The molecule has 1 aromatic heterocycles. The molecule has 7 nitrogen and oxygen atoms in total. The number of carbonyl (C=O) groups is 1. The number of aromatic nitrogens is 2. The molecule has 34 heavy (non-hydrogen) atoms. The Labute approximate surface area is 205 Å². The summed E-state index contributed by atoms with van der Waals surface area (Å²) in [6, 6.07) is 4.50. The van der Waals surface area contributed by atoms with Crippen LogP contribution in [0.2, 0.25) is 0 Å². The number of anilines is 3. The van der Waals surface area contributed by atoms with E-state index in [1.54, 1.807) is 4.90 Å². The topological polar surface area (TPSA) is 81.6 Å². The highest BCUT2D eigenvalue weighted by Gasteiger charge is 2.30. The molecule has 2 rings (SSSR count). The second kappa shape index (κ2) is 12.3. The van der Waals surface area contributed by atoms with Crippen LogP contribution in [0.1, 0.15) is 80.2 Å². The highest BCUT2D eigenvalue weighted by atomic mass is 16.3. The number of carbonyl (C=O) groups excluding carboxylic acids is 1. The molecule has 0 saturated heterocycles. The van der Waals surface area contributed by atoms with Gasteiger partial charge in [0.05, 0.1) is 11.3 Å². The van der Waals surface area contributed by atoms with E-state index in [1.165, 1.54) is 5.56 Å². The van der Waals surface area contributed by atoms with Crippen LogP contribution >= 0.6 is 0 Å². The number of ketones is 1. The van der Waals surface area contributed by atoms with E-state index < -0.39 is 6.23 Å². The lowest BCUT2D eigenvalue weighted by Crippen LogP contribution is -2.41. The lowest BCUT2D eigenvalue weighted by atomic mass is 10.0. The summed E-state index contributed by atoms with van der Waals surface area (Å²) >= 11 is 0. The number of Topliss-reactive ketones (excluding diaryl/α,β-unsaturated/α-hetero) is 1. The smallest absolute Gasteiger partial charge is 0.232 e. The van der Waals surface area contributed by atoms with Crippen LogP contribution in [0.5, 0.6) is 0 Å². The Morgan fingerprint density at radius 3 is 1.97 bits per heavy atom. The number of likely N-dealkylation sites (N-methyl/N-ethyl adjacent to an activating group) is 1. The van der Waals surface area contributed by atoms with Gasteiger partial charge in [0.25, 0.3) is 0 Å². The summed E-state index contributed by atoms with van der Waals surface area (Å²) < 4.78 is 0. The Morgan fingerprint density at radius 1 is 0.941 bits per heavy atom. The molecule has 1 unspecified atom stereocenters. The molecular formula is C27H43N5O2. The minimum atomic E-state index is -1.23. The number of hydrogen-bond acceptors (Lipinski definition) is 7. The van der Waals surface area contributed by atoms with E-state index in [0.717, 1.165) is 29.7 Å². The van der Waals surface area contributed by atoms with E-state index in [1.807, 2.05) is 20.8 Å². The van der Waals surface area contributed by atoms with Crippen molar-refractivity contribution in [3.8, 4) is 0 Å². The zero-order chi connectivity index (χ0) is 25.6. The molecule has 0 aliphatic heterocycles. The van der Waals surface area contributed by atoms with E-state index >= 15 is 0 Å². The van der Waals surface area contributed by atoms with Crippen molar-refractivity contribution in [3.05, 3.63) is 40.1 Å². The molecule has 0 amide bonds. The molecule has 0 radical (unpaired) electrons. The van der Waals surface area contributed by atoms with Gasteiger partial charge < -0.3 is 15.3 Å². The van der Waals surface area contributed by atoms with Gasteiger partial charge in [-0.25, -0.2) is 4.98 Å². The fourth-order valence-corrected chi connectivity index (χ4v) is 4.63. The van der Waals surface area contributed by atoms with Gasteiger partial charge in [0.1, 0.15) is 5.82 Å². The first-order valence-electron chi connectivity index (χ1n) is 12.6. The van der Waals surface area contributed by atoms with Crippen LogP contribution in [0.25, 0.3) is 0 Å². The van der Waals surface area contributed by atoms with Crippen molar-refractivity contribution in [2.45, 2.75) is 87.4 Å². The van der Waals surface area contributed by atoms with Gasteiger partial charge in [0.2, 0.25) is 11.7 Å². The van der Waals surface area contributed by atoms with Crippen molar-refractivity contribution >= 4 is 23.2 Å². The molecule has 0 fully saturated rings. The summed E-state index contributed by atoms with van der Waals surface area (Å²) in [5.41, 5.74) is 5.55. The number of aliphatic hydroxyl groups excluding tert-OH is 1. The summed E-state index contributed by atoms with van der Waals surface area (Å²) in [6.45, 7) is 20.1. The summed E-state index contributed by atoms with van der Waals surface area (Å²) in [5, 5.41) is 14.3. The second-order valence-electron chi connectivity index (χ2n) is 8.94. The molecule has 0 aliphatic carbocycles. The molecule has 2 aromatic rings. The number of nitrogens with zero attached hydrogens (tertiary/aromatic N) is 4. The average Bonchev–Trinajstić information content (AvgIpc) is 2.79. The first-order chi connectivity index (χ1) is 16.1. The average molecular weight is 470 g/mol. The van der Waals surface area contributed by atoms with Gasteiger partial charge in [-0.1, -0.05) is 45.4 Å². The largest absolute Gasteiger partial charge is 0.371 e. The molecule has 1 heterocycles. The van der Waals surface area contributed by atoms with E-state index in [2.05, 4.69) is 63.9 Å². The van der Waals surface area contributed by atoms with Crippen LogP contribution in [-0.4, -0.2) is 57.7 Å². The van der Waals surface area contributed by atoms with Crippen LogP contribution in [0.15, 0.2) is 12.1 Å². The number of nitrogens with one attached hydrogen (secondary N) is 1. The van der Waals surface area contributed by atoms with Crippen molar-refractivity contribution in [2.24, 2.45) is 0 Å². The maximum atomic E-state index is 13.4. The van der Waals surface area contributed by atoms with Crippen LogP contribution in [0.4, 0.5) is 17.5 Å². The first-order valence-corrected chi connectivity index (χ1v) is 12.6. The summed E-state index contributed by atoms with van der Waals surface area (Å²) in [7, 11) is 0. The molecule has 0 bridgehead atoms. The Morgan fingerprint density at radius 2 is 1.50 bits per heavy atom. The lowest BCUT2D eigenvalue weighted by molar-refractivity contribution is 0.0155. The van der Waals surface area contributed by atoms with E-state index in [0.29, 0.717) is 42.7 Å². The molecule has 0 aliphatic rings. The minimum absolute atomic E-state index is 0.164. The van der Waals surface area contributed by atoms with E-state index in [9.17, 15) is 9.90 Å². The second-order valence-corrected chi connectivity index (χ2v) is 8.94. The van der Waals surface area contributed by atoms with Gasteiger partial charge in [-0.15, -0.1) is 0 Å². The maximum Gasteiger partial charge on any atom is 0.232 e. The van der Waals surface area contributed by atoms with Gasteiger partial charge in [0, 0.05) is 18.3 Å². The predicted molar refractivity (Wildman–Crippen MR) is 141 cm³/mol. The quantitative estimate of drug-likeness (QED) is 0.322. The summed E-state index contributed by atoms with van der Waals surface area (Å²) in [6.07, 6.45) is 0.568. The fourth-order valence-electron chi connectivity index (χ4n) is 4.63. The molecular weight excluding hydrogens is 426 g/mol. The third-order valence-corrected chi connectivity index (χ3v) is 6.51. The van der Waals surface area contributed by atoms with E-state index in [-0.39, 0.29) is 11.8 Å². The van der Waals surface area contributed by atoms with Gasteiger partial charge in [-0.05, 0) is 71.7 Å². The molecule has 2 N–H and O–H groups in total. The number of aliphatic hydroxyl groups is 1. The molecule has 1 atom stereocenters. The zero-order valence-electron chi connectivity index (χ0n) is 22.5. The van der Waals surface area contributed by atoms with Crippen LogP contribution in [0.3, 0.4) is 0 Å². The normalized spacial score (nSPS) is 12.4. The van der Waals surface area contributed by atoms with Gasteiger partial charge in [-0.3, -0.25) is 9.69 Å². The monoisotopic (exact) mass is 469 g/mol.